The van der Waals surface area contributed by atoms with Crippen molar-refractivity contribution in [3.8, 4) is 11.4 Å². The first kappa shape index (κ1) is 15.7. The molecule has 2 aromatic carbocycles. The number of nitrogens with one attached hydrogen (secondary N) is 1. The standard InChI is InChI=1S/C18H16FN3O2/c19-16-8-4-5-9-17(16)24-11-10-20-18(23)14-12-21-22(13-14)15-6-2-1-3-7-15/h1-9,12-13H,10-11H2,(H,20,23). The monoisotopic (exact) mass is 325 g/mol. The maximum absolute atomic E-state index is 13.4. The molecule has 0 radical (unpaired) electrons. The van der Waals surface area contributed by atoms with E-state index in [4.69, 9.17) is 4.74 Å². The fourth-order valence-corrected chi connectivity index (χ4v) is 2.15. The van der Waals surface area contributed by atoms with Crippen molar-refractivity contribution in [1.29, 1.82) is 0 Å². The number of ether oxygens (including phenoxy) is 1. The number of halogens is 1. The Morgan fingerprint density at radius 2 is 1.88 bits per heavy atom. The molecular formula is C18H16FN3O2. The predicted octanol–water partition coefficient (Wildman–Crippen LogP) is 2.82. The number of rotatable bonds is 6. The number of carbonyl (C=O) groups excluding carboxylic acids is 1. The van der Waals surface area contributed by atoms with Gasteiger partial charge in [0.1, 0.15) is 6.61 Å². The summed E-state index contributed by atoms with van der Waals surface area (Å²) in [6.45, 7) is 0.448. The molecule has 122 valence electrons. The normalized spacial score (nSPS) is 10.4. The lowest BCUT2D eigenvalue weighted by molar-refractivity contribution is 0.0946. The van der Waals surface area contributed by atoms with E-state index in [1.165, 1.54) is 12.3 Å². The summed E-state index contributed by atoms with van der Waals surface area (Å²) in [5.74, 6) is -0.508. The first-order valence-electron chi connectivity index (χ1n) is 7.49. The number of nitrogens with zero attached hydrogens (tertiary/aromatic N) is 2. The van der Waals surface area contributed by atoms with Crippen LogP contribution in [0.4, 0.5) is 4.39 Å². The molecule has 0 spiro atoms. The van der Waals surface area contributed by atoms with Crippen LogP contribution in [0.25, 0.3) is 5.69 Å². The van der Waals surface area contributed by atoms with Crippen molar-refractivity contribution in [3.63, 3.8) is 0 Å². The number of amides is 1. The van der Waals surface area contributed by atoms with Crippen molar-refractivity contribution in [2.24, 2.45) is 0 Å². The first-order valence-corrected chi connectivity index (χ1v) is 7.49. The molecule has 1 heterocycles. The van der Waals surface area contributed by atoms with Crippen molar-refractivity contribution >= 4 is 5.91 Å². The zero-order valence-electron chi connectivity index (χ0n) is 12.9. The Hall–Kier alpha value is -3.15. The summed E-state index contributed by atoms with van der Waals surface area (Å²) in [6, 6.07) is 15.7. The largest absolute Gasteiger partial charge is 0.489 e. The van der Waals surface area contributed by atoms with Gasteiger partial charge in [-0.3, -0.25) is 4.79 Å². The van der Waals surface area contributed by atoms with Crippen molar-refractivity contribution in [2.45, 2.75) is 0 Å². The van der Waals surface area contributed by atoms with Crippen LogP contribution in [0.2, 0.25) is 0 Å². The average Bonchev–Trinajstić information content (AvgIpc) is 3.11. The van der Waals surface area contributed by atoms with Crippen LogP contribution < -0.4 is 10.1 Å². The molecular weight excluding hydrogens is 309 g/mol. The Morgan fingerprint density at radius 1 is 1.12 bits per heavy atom. The minimum Gasteiger partial charge on any atom is -0.489 e. The molecule has 0 bridgehead atoms. The van der Waals surface area contributed by atoms with E-state index in [1.807, 2.05) is 30.3 Å². The molecule has 0 saturated heterocycles. The summed E-state index contributed by atoms with van der Waals surface area (Å²) in [7, 11) is 0. The number of para-hydroxylation sites is 2. The van der Waals surface area contributed by atoms with E-state index in [-0.39, 0.29) is 24.8 Å². The van der Waals surface area contributed by atoms with Crippen molar-refractivity contribution in [2.75, 3.05) is 13.2 Å². The van der Waals surface area contributed by atoms with Crippen LogP contribution >= 0.6 is 0 Å². The minimum absolute atomic E-state index is 0.170. The molecule has 5 nitrogen and oxygen atoms in total. The van der Waals surface area contributed by atoms with Gasteiger partial charge in [0, 0.05) is 6.20 Å². The lowest BCUT2D eigenvalue weighted by atomic mass is 10.3. The summed E-state index contributed by atoms with van der Waals surface area (Å²) in [5, 5.41) is 6.88. The fraction of sp³-hybridized carbons (Fsp3) is 0.111. The Labute approximate surface area is 138 Å². The van der Waals surface area contributed by atoms with Gasteiger partial charge in [0.2, 0.25) is 0 Å². The van der Waals surface area contributed by atoms with Crippen LogP contribution in [0.15, 0.2) is 67.0 Å². The molecule has 24 heavy (non-hydrogen) atoms. The summed E-state index contributed by atoms with van der Waals surface area (Å²) < 4.78 is 20.3. The number of carbonyl (C=O) groups is 1. The maximum atomic E-state index is 13.4. The molecule has 0 unspecified atom stereocenters. The molecule has 0 aliphatic rings. The van der Waals surface area contributed by atoms with Crippen LogP contribution in [0.1, 0.15) is 10.4 Å². The van der Waals surface area contributed by atoms with Gasteiger partial charge in [-0.2, -0.15) is 5.10 Å². The quantitative estimate of drug-likeness (QED) is 0.709. The lowest BCUT2D eigenvalue weighted by Gasteiger charge is -2.07. The highest BCUT2D eigenvalue weighted by atomic mass is 19.1. The molecule has 3 rings (SSSR count). The second-order valence-corrected chi connectivity index (χ2v) is 5.04. The van der Waals surface area contributed by atoms with E-state index in [0.717, 1.165) is 5.69 Å². The number of hydrogen-bond donors (Lipinski definition) is 1. The van der Waals surface area contributed by atoms with Crippen molar-refractivity contribution in [1.82, 2.24) is 15.1 Å². The van der Waals surface area contributed by atoms with E-state index in [1.54, 1.807) is 29.1 Å². The molecule has 0 saturated carbocycles. The van der Waals surface area contributed by atoms with E-state index < -0.39 is 5.82 Å². The van der Waals surface area contributed by atoms with E-state index in [9.17, 15) is 9.18 Å². The Kier molecular flexibility index (Phi) is 4.86. The van der Waals surface area contributed by atoms with Gasteiger partial charge >= 0.3 is 0 Å². The van der Waals surface area contributed by atoms with Gasteiger partial charge in [0.15, 0.2) is 11.6 Å². The third kappa shape index (κ3) is 3.78. The number of benzene rings is 2. The van der Waals surface area contributed by atoms with Crippen LogP contribution in [-0.2, 0) is 0 Å². The van der Waals surface area contributed by atoms with E-state index in [2.05, 4.69) is 10.4 Å². The zero-order valence-corrected chi connectivity index (χ0v) is 12.9. The highest BCUT2D eigenvalue weighted by Gasteiger charge is 2.09. The molecule has 1 amide bonds. The van der Waals surface area contributed by atoms with Gasteiger partial charge in [0.05, 0.1) is 24.0 Å². The highest BCUT2D eigenvalue weighted by molar-refractivity contribution is 5.93. The van der Waals surface area contributed by atoms with Gasteiger partial charge in [-0.05, 0) is 24.3 Å². The third-order valence-corrected chi connectivity index (χ3v) is 3.35. The number of hydrogen-bond acceptors (Lipinski definition) is 3. The Balaban J connectivity index is 1.51. The van der Waals surface area contributed by atoms with Crippen molar-refractivity contribution < 1.29 is 13.9 Å². The third-order valence-electron chi connectivity index (χ3n) is 3.35. The second-order valence-electron chi connectivity index (χ2n) is 5.04. The summed E-state index contributed by atoms with van der Waals surface area (Å²) in [5.41, 5.74) is 1.32. The molecule has 0 atom stereocenters. The molecule has 0 aliphatic heterocycles. The van der Waals surface area contributed by atoms with E-state index >= 15 is 0 Å². The summed E-state index contributed by atoms with van der Waals surface area (Å²) >= 11 is 0. The second kappa shape index (κ2) is 7.41. The molecule has 1 aromatic heterocycles. The minimum atomic E-state index is -0.423. The molecule has 0 aliphatic carbocycles. The first-order chi connectivity index (χ1) is 11.7. The fourth-order valence-electron chi connectivity index (χ4n) is 2.15. The number of aromatic nitrogens is 2. The van der Waals surface area contributed by atoms with Gasteiger partial charge in [0.25, 0.3) is 5.91 Å². The molecule has 3 aromatic rings. The maximum Gasteiger partial charge on any atom is 0.254 e. The van der Waals surface area contributed by atoms with Gasteiger partial charge in [-0.1, -0.05) is 30.3 Å². The van der Waals surface area contributed by atoms with Gasteiger partial charge in [-0.15, -0.1) is 0 Å². The lowest BCUT2D eigenvalue weighted by Crippen LogP contribution is -2.27. The van der Waals surface area contributed by atoms with Crippen LogP contribution in [0.5, 0.6) is 5.75 Å². The highest BCUT2D eigenvalue weighted by Crippen LogP contribution is 2.14. The van der Waals surface area contributed by atoms with Crippen LogP contribution in [-0.4, -0.2) is 28.8 Å². The van der Waals surface area contributed by atoms with Crippen molar-refractivity contribution in [3.05, 3.63) is 78.4 Å². The van der Waals surface area contributed by atoms with Gasteiger partial charge < -0.3 is 10.1 Å². The summed E-state index contributed by atoms with van der Waals surface area (Å²) in [6.07, 6.45) is 3.16. The topological polar surface area (TPSA) is 56.1 Å². The molecule has 0 fully saturated rings. The smallest absolute Gasteiger partial charge is 0.254 e. The summed E-state index contributed by atoms with van der Waals surface area (Å²) in [4.78, 5) is 12.1. The van der Waals surface area contributed by atoms with Gasteiger partial charge in [-0.25, -0.2) is 9.07 Å². The predicted molar refractivity (Wildman–Crippen MR) is 87.8 cm³/mol. The van der Waals surface area contributed by atoms with E-state index in [0.29, 0.717) is 5.56 Å². The van der Waals surface area contributed by atoms with Crippen LogP contribution in [0.3, 0.4) is 0 Å². The zero-order chi connectivity index (χ0) is 16.8. The Bertz CT molecular complexity index is 818. The van der Waals surface area contributed by atoms with Crippen LogP contribution in [0, 0.1) is 5.82 Å². The Morgan fingerprint density at radius 3 is 2.67 bits per heavy atom. The SMILES string of the molecule is O=C(NCCOc1ccccc1F)c1cnn(-c2ccccc2)c1. The molecule has 6 heteroatoms. The molecule has 1 N–H and O–H groups in total. The average molecular weight is 325 g/mol.